The molecule has 0 saturated heterocycles. The van der Waals surface area contributed by atoms with E-state index in [0.717, 1.165) is 22.4 Å². The van der Waals surface area contributed by atoms with Gasteiger partial charge in [-0.25, -0.2) is 4.98 Å². The van der Waals surface area contributed by atoms with Crippen LogP contribution in [0, 0.1) is 6.92 Å². The van der Waals surface area contributed by atoms with Crippen molar-refractivity contribution < 1.29 is 4.79 Å². The molecule has 0 saturated carbocycles. The molecule has 0 fully saturated rings. The second kappa shape index (κ2) is 10.8. The Morgan fingerprint density at radius 2 is 1.85 bits per heavy atom. The number of hydrogen-bond donors (Lipinski definition) is 1. The van der Waals surface area contributed by atoms with E-state index in [1.807, 2.05) is 68.9 Å². The van der Waals surface area contributed by atoms with Gasteiger partial charge in [0.25, 0.3) is 5.56 Å². The van der Waals surface area contributed by atoms with Gasteiger partial charge in [-0.2, -0.15) is 0 Å². The molecule has 0 spiro atoms. The van der Waals surface area contributed by atoms with Crippen molar-refractivity contribution in [2.24, 2.45) is 0 Å². The number of carbonyl (C=O) groups is 1. The third-order valence-corrected chi connectivity index (χ3v) is 6.97. The zero-order valence-electron chi connectivity index (χ0n) is 19.8. The number of thiophene rings is 1. The summed E-state index contributed by atoms with van der Waals surface area (Å²) in [6.45, 7) is 2.88. The molecule has 2 aromatic heterocycles. The quantitative estimate of drug-likeness (QED) is 0.396. The van der Waals surface area contributed by atoms with E-state index in [1.54, 1.807) is 10.9 Å². The minimum Gasteiger partial charge on any atom is -0.354 e. The standard InChI is InChI=1S/C27H30N4O2S/c1-19-9-11-21(12-10-19)23-17-34-26-25(23)27(33)31(18-29-26)14-13-24(32)28-16-22(30(2)3)15-20-7-5-4-6-8-20/h4-12,17-18,22H,13-16H2,1-3H3,(H,28,32)/t22-/m0/s1. The molecule has 2 heterocycles. The highest BCUT2D eigenvalue weighted by molar-refractivity contribution is 7.17. The van der Waals surface area contributed by atoms with Crippen LogP contribution in [-0.2, 0) is 17.8 Å². The van der Waals surface area contributed by atoms with Crippen molar-refractivity contribution in [2.45, 2.75) is 32.4 Å². The zero-order valence-corrected chi connectivity index (χ0v) is 20.6. The first-order valence-corrected chi connectivity index (χ1v) is 12.3. The van der Waals surface area contributed by atoms with Crippen molar-refractivity contribution in [3.8, 4) is 11.1 Å². The van der Waals surface area contributed by atoms with Gasteiger partial charge in [0.2, 0.25) is 5.91 Å². The second-order valence-electron chi connectivity index (χ2n) is 8.80. The number of hydrogen-bond acceptors (Lipinski definition) is 5. The van der Waals surface area contributed by atoms with E-state index in [-0.39, 0.29) is 23.9 Å². The van der Waals surface area contributed by atoms with E-state index >= 15 is 0 Å². The molecule has 176 valence electrons. The number of aryl methyl sites for hydroxylation is 2. The highest BCUT2D eigenvalue weighted by Gasteiger charge is 2.16. The van der Waals surface area contributed by atoms with Crippen LogP contribution in [-0.4, -0.2) is 47.0 Å². The van der Waals surface area contributed by atoms with Gasteiger partial charge in [-0.1, -0.05) is 60.2 Å². The maximum atomic E-state index is 13.2. The second-order valence-corrected chi connectivity index (χ2v) is 9.66. The van der Waals surface area contributed by atoms with E-state index in [1.165, 1.54) is 22.5 Å². The van der Waals surface area contributed by atoms with Gasteiger partial charge in [0.1, 0.15) is 4.83 Å². The van der Waals surface area contributed by atoms with Crippen molar-refractivity contribution in [3.05, 3.63) is 87.8 Å². The fourth-order valence-corrected chi connectivity index (χ4v) is 4.84. The summed E-state index contributed by atoms with van der Waals surface area (Å²) in [5.74, 6) is -0.0732. The SMILES string of the molecule is Cc1ccc(-c2csc3ncn(CCC(=O)NC[C@H](Cc4ccccc4)N(C)C)c(=O)c23)cc1. The first kappa shape index (κ1) is 23.9. The van der Waals surface area contributed by atoms with Crippen LogP contribution in [0.15, 0.2) is 71.1 Å². The molecule has 1 atom stereocenters. The number of aromatic nitrogens is 2. The van der Waals surface area contributed by atoms with Gasteiger partial charge in [-0.3, -0.25) is 14.2 Å². The van der Waals surface area contributed by atoms with Gasteiger partial charge in [0, 0.05) is 36.5 Å². The van der Waals surface area contributed by atoms with Crippen molar-refractivity contribution in [1.82, 2.24) is 19.8 Å². The van der Waals surface area contributed by atoms with Gasteiger partial charge in [-0.15, -0.1) is 11.3 Å². The minimum absolute atomic E-state index is 0.0732. The molecule has 7 heteroatoms. The van der Waals surface area contributed by atoms with Crippen LogP contribution in [0.3, 0.4) is 0 Å². The van der Waals surface area contributed by atoms with Crippen molar-refractivity contribution in [1.29, 1.82) is 0 Å². The number of nitrogens with zero attached hydrogens (tertiary/aromatic N) is 3. The molecule has 34 heavy (non-hydrogen) atoms. The lowest BCUT2D eigenvalue weighted by atomic mass is 10.1. The van der Waals surface area contributed by atoms with Gasteiger partial charge < -0.3 is 10.2 Å². The summed E-state index contributed by atoms with van der Waals surface area (Å²) in [5.41, 5.74) is 4.20. The summed E-state index contributed by atoms with van der Waals surface area (Å²) in [7, 11) is 4.04. The molecule has 4 rings (SSSR count). The van der Waals surface area contributed by atoms with Gasteiger partial charge in [0.05, 0.1) is 11.7 Å². The summed E-state index contributed by atoms with van der Waals surface area (Å²) in [5, 5.41) is 5.63. The summed E-state index contributed by atoms with van der Waals surface area (Å²) in [6.07, 6.45) is 2.63. The monoisotopic (exact) mass is 474 g/mol. The van der Waals surface area contributed by atoms with E-state index in [9.17, 15) is 9.59 Å². The van der Waals surface area contributed by atoms with Crippen LogP contribution in [0.5, 0.6) is 0 Å². The fourth-order valence-electron chi connectivity index (χ4n) is 3.94. The van der Waals surface area contributed by atoms with Crippen LogP contribution in [0.2, 0.25) is 0 Å². The summed E-state index contributed by atoms with van der Waals surface area (Å²) >= 11 is 1.47. The lowest BCUT2D eigenvalue weighted by molar-refractivity contribution is -0.121. The Balaban J connectivity index is 1.41. The summed E-state index contributed by atoms with van der Waals surface area (Å²) < 4.78 is 1.54. The van der Waals surface area contributed by atoms with Crippen molar-refractivity contribution in [2.75, 3.05) is 20.6 Å². The number of rotatable bonds is 9. The zero-order chi connectivity index (χ0) is 24.1. The highest BCUT2D eigenvalue weighted by atomic mass is 32.1. The van der Waals surface area contributed by atoms with Gasteiger partial charge >= 0.3 is 0 Å². The first-order valence-electron chi connectivity index (χ1n) is 11.4. The van der Waals surface area contributed by atoms with Crippen LogP contribution in [0.4, 0.5) is 0 Å². The molecule has 0 aliphatic heterocycles. The fraction of sp³-hybridized carbons (Fsp3) is 0.296. The van der Waals surface area contributed by atoms with E-state index < -0.39 is 0 Å². The van der Waals surface area contributed by atoms with Crippen LogP contribution < -0.4 is 10.9 Å². The molecule has 0 unspecified atom stereocenters. The van der Waals surface area contributed by atoms with Crippen molar-refractivity contribution in [3.63, 3.8) is 0 Å². The predicted molar refractivity (Wildman–Crippen MR) is 139 cm³/mol. The molecule has 6 nitrogen and oxygen atoms in total. The van der Waals surface area contributed by atoms with Gasteiger partial charge in [0.15, 0.2) is 0 Å². The number of likely N-dealkylation sites (N-methyl/N-ethyl adjacent to an activating group) is 1. The predicted octanol–water partition coefficient (Wildman–Crippen LogP) is 4.11. The van der Waals surface area contributed by atoms with E-state index in [0.29, 0.717) is 18.5 Å². The maximum absolute atomic E-state index is 13.2. The third kappa shape index (κ3) is 5.61. The summed E-state index contributed by atoms with van der Waals surface area (Å²) in [6, 6.07) is 18.6. The van der Waals surface area contributed by atoms with Gasteiger partial charge in [-0.05, 0) is 38.6 Å². The first-order chi connectivity index (χ1) is 16.4. The minimum atomic E-state index is -0.107. The average Bonchev–Trinajstić information content (AvgIpc) is 3.27. The topological polar surface area (TPSA) is 67.2 Å². The molecule has 1 amide bonds. The van der Waals surface area contributed by atoms with E-state index in [2.05, 4.69) is 27.3 Å². The molecule has 0 bridgehead atoms. The number of benzene rings is 2. The smallest absolute Gasteiger partial charge is 0.262 e. The Morgan fingerprint density at radius 3 is 2.56 bits per heavy atom. The number of fused-ring (bicyclic) bond motifs is 1. The molecule has 0 aliphatic rings. The molecule has 2 aromatic carbocycles. The Bertz CT molecular complexity index is 1310. The molecule has 0 aliphatic carbocycles. The molecule has 4 aromatic rings. The summed E-state index contributed by atoms with van der Waals surface area (Å²) in [4.78, 5) is 33.1. The normalized spacial score (nSPS) is 12.2. The number of nitrogens with one attached hydrogen (secondary N) is 1. The average molecular weight is 475 g/mol. The Labute approximate surface area is 203 Å². The Morgan fingerprint density at radius 1 is 1.12 bits per heavy atom. The molecule has 1 N–H and O–H groups in total. The number of carbonyl (C=O) groups excluding carboxylic acids is 1. The lowest BCUT2D eigenvalue weighted by Gasteiger charge is -2.24. The number of amides is 1. The maximum Gasteiger partial charge on any atom is 0.262 e. The van der Waals surface area contributed by atoms with Crippen molar-refractivity contribution >= 4 is 27.5 Å². The molecular formula is C27H30N4O2S. The lowest BCUT2D eigenvalue weighted by Crippen LogP contribution is -2.42. The van der Waals surface area contributed by atoms with Crippen LogP contribution in [0.1, 0.15) is 17.5 Å². The van der Waals surface area contributed by atoms with Crippen LogP contribution in [0.25, 0.3) is 21.3 Å². The Kier molecular flexibility index (Phi) is 7.55. The van der Waals surface area contributed by atoms with Crippen LogP contribution >= 0.6 is 11.3 Å². The largest absolute Gasteiger partial charge is 0.354 e. The third-order valence-electron chi connectivity index (χ3n) is 6.08. The Hall–Kier alpha value is -3.29. The van der Waals surface area contributed by atoms with E-state index in [4.69, 9.17) is 0 Å². The molecule has 0 radical (unpaired) electrons. The molecular weight excluding hydrogens is 444 g/mol. The highest BCUT2D eigenvalue weighted by Crippen LogP contribution is 2.30.